The predicted molar refractivity (Wildman–Crippen MR) is 201 cm³/mol. The first kappa shape index (κ1) is 47.5. The molecule has 0 radical (unpaired) electrons. The van der Waals surface area contributed by atoms with Gasteiger partial charge in [0, 0.05) is 12.8 Å². The Morgan fingerprint density at radius 1 is 0.633 bits per heavy atom. The highest BCUT2D eigenvalue weighted by Gasteiger charge is 2.27. The minimum absolute atomic E-state index is 0.0284. The van der Waals surface area contributed by atoms with Crippen molar-refractivity contribution in [3.63, 3.8) is 0 Å². The number of nitrogens with zero attached hydrogens (tertiary/aromatic N) is 1. The first-order chi connectivity index (χ1) is 23.5. The van der Waals surface area contributed by atoms with E-state index in [0.29, 0.717) is 23.9 Å². The first-order valence-corrected chi connectivity index (χ1v) is 21.1. The summed E-state index contributed by atoms with van der Waals surface area (Å²) in [6.07, 6.45) is 32.3. The quantitative estimate of drug-likeness (QED) is 0.0227. The molecule has 0 heterocycles. The molecule has 10 heteroatoms. The summed E-state index contributed by atoms with van der Waals surface area (Å²) in [6, 6.07) is 0. The van der Waals surface area contributed by atoms with Crippen LogP contribution in [0.4, 0.5) is 0 Å². The maximum absolute atomic E-state index is 12.6. The summed E-state index contributed by atoms with van der Waals surface area (Å²) < 4.78 is 34.1. The van der Waals surface area contributed by atoms with E-state index < -0.39 is 32.5 Å². The number of hydrogen-bond donors (Lipinski definition) is 1. The number of quaternary nitrogens is 1. The Balaban J connectivity index is 4.46. The van der Waals surface area contributed by atoms with Crippen LogP contribution in [0.25, 0.3) is 0 Å². The molecule has 9 nitrogen and oxygen atoms in total. The average molecular weight is 717 g/mol. The third-order valence-corrected chi connectivity index (χ3v) is 9.22. The summed E-state index contributed by atoms with van der Waals surface area (Å²) in [5.74, 6) is -0.837. The lowest BCUT2D eigenvalue weighted by Gasteiger charge is -2.24. The van der Waals surface area contributed by atoms with Crippen molar-refractivity contribution >= 4 is 19.8 Å². The van der Waals surface area contributed by atoms with Gasteiger partial charge in [-0.25, -0.2) is 4.57 Å². The third-order valence-electron chi connectivity index (χ3n) is 8.23. The van der Waals surface area contributed by atoms with Gasteiger partial charge in [-0.1, -0.05) is 128 Å². The highest BCUT2D eigenvalue weighted by molar-refractivity contribution is 7.47. The predicted octanol–water partition coefficient (Wildman–Crippen LogP) is 10.4. The Kier molecular flexibility index (Phi) is 31.4. The number of phosphoric ester groups is 1. The number of likely N-dealkylation sites (N-methyl/N-ethyl adjacent to an activating group) is 1. The zero-order valence-corrected chi connectivity index (χ0v) is 33.1. The summed E-state index contributed by atoms with van der Waals surface area (Å²) in [5, 5.41) is 0. The van der Waals surface area contributed by atoms with E-state index in [-0.39, 0.29) is 26.1 Å². The van der Waals surface area contributed by atoms with Crippen LogP contribution in [-0.4, -0.2) is 74.9 Å². The number of hydrogen-bond acceptors (Lipinski definition) is 7. The Morgan fingerprint density at radius 2 is 1.10 bits per heavy atom. The van der Waals surface area contributed by atoms with Gasteiger partial charge in [0.05, 0.1) is 27.7 Å². The Bertz CT molecular complexity index is 902. The van der Waals surface area contributed by atoms with Crippen LogP contribution in [0.3, 0.4) is 0 Å². The molecule has 0 aromatic heterocycles. The summed E-state index contributed by atoms with van der Waals surface area (Å²) in [4.78, 5) is 35.1. The highest BCUT2D eigenvalue weighted by atomic mass is 31.2. The third kappa shape index (κ3) is 36.1. The van der Waals surface area contributed by atoms with Crippen LogP contribution < -0.4 is 0 Å². The van der Waals surface area contributed by atoms with Crippen molar-refractivity contribution in [3.8, 4) is 0 Å². The lowest BCUT2D eigenvalue weighted by Crippen LogP contribution is -2.37. The van der Waals surface area contributed by atoms with Crippen molar-refractivity contribution < 1.29 is 42.1 Å². The second-order valence-corrected chi connectivity index (χ2v) is 15.8. The van der Waals surface area contributed by atoms with Gasteiger partial charge >= 0.3 is 19.8 Å². The van der Waals surface area contributed by atoms with E-state index in [1.807, 2.05) is 21.1 Å². The van der Waals surface area contributed by atoms with E-state index in [1.54, 1.807) is 0 Å². The van der Waals surface area contributed by atoms with Crippen molar-refractivity contribution in [2.75, 3.05) is 47.5 Å². The molecule has 1 N–H and O–H groups in total. The molecular formula is C39H75NO8P+. The highest BCUT2D eigenvalue weighted by Crippen LogP contribution is 2.43. The normalized spacial score (nSPS) is 14.0. The maximum Gasteiger partial charge on any atom is 0.472 e. The molecule has 0 spiro atoms. The lowest BCUT2D eigenvalue weighted by molar-refractivity contribution is -0.870. The summed E-state index contributed by atoms with van der Waals surface area (Å²) in [7, 11) is 1.46. The van der Waals surface area contributed by atoms with Gasteiger partial charge in [-0.3, -0.25) is 18.6 Å². The van der Waals surface area contributed by atoms with Crippen LogP contribution in [0.15, 0.2) is 24.3 Å². The maximum atomic E-state index is 12.6. The number of carbonyl (C=O) groups excluding carboxylic acids is 2. The standard InChI is InChI=1S/C39H74NO8P/c1-6-8-10-12-14-16-18-19-20-21-22-24-25-27-29-31-38(41)45-35-37(36-47-49(43,44)46-34-33-40(3,4)5)48-39(42)32-30-28-26-23-17-15-13-11-9-7-2/h19-20,22,24,37H,6-18,21,23,25-36H2,1-5H3/p+1/b20-19+,24-22+/t37-/m0/s1. The van der Waals surface area contributed by atoms with E-state index in [4.69, 9.17) is 18.5 Å². The molecule has 0 saturated heterocycles. The van der Waals surface area contributed by atoms with E-state index in [1.165, 1.54) is 83.5 Å². The smallest absolute Gasteiger partial charge is 0.462 e. The first-order valence-electron chi connectivity index (χ1n) is 19.6. The molecule has 0 aliphatic carbocycles. The second-order valence-electron chi connectivity index (χ2n) is 14.3. The largest absolute Gasteiger partial charge is 0.472 e. The fourth-order valence-corrected chi connectivity index (χ4v) is 5.84. The van der Waals surface area contributed by atoms with Crippen LogP contribution in [0.1, 0.15) is 162 Å². The van der Waals surface area contributed by atoms with Gasteiger partial charge in [0.2, 0.25) is 0 Å². The number of allylic oxidation sites excluding steroid dienone is 4. The second kappa shape index (κ2) is 32.4. The Morgan fingerprint density at radius 3 is 1.65 bits per heavy atom. The number of phosphoric acid groups is 1. The number of ether oxygens (including phenoxy) is 2. The van der Waals surface area contributed by atoms with E-state index in [2.05, 4.69) is 38.2 Å². The summed E-state index contributed by atoms with van der Waals surface area (Å²) >= 11 is 0. The van der Waals surface area contributed by atoms with Gasteiger partial charge in [-0.15, -0.1) is 0 Å². The molecule has 0 aromatic carbocycles. The van der Waals surface area contributed by atoms with Crippen LogP contribution in [-0.2, 0) is 32.7 Å². The van der Waals surface area contributed by atoms with Crippen LogP contribution >= 0.6 is 7.82 Å². The topological polar surface area (TPSA) is 108 Å². The van der Waals surface area contributed by atoms with Crippen LogP contribution in [0, 0.1) is 0 Å². The van der Waals surface area contributed by atoms with E-state index in [9.17, 15) is 19.0 Å². The minimum Gasteiger partial charge on any atom is -0.462 e. The van der Waals surface area contributed by atoms with Crippen molar-refractivity contribution in [3.05, 3.63) is 24.3 Å². The van der Waals surface area contributed by atoms with Crippen LogP contribution in [0.2, 0.25) is 0 Å². The number of rotatable bonds is 35. The number of esters is 2. The van der Waals surface area contributed by atoms with Crippen LogP contribution in [0.5, 0.6) is 0 Å². The summed E-state index contributed by atoms with van der Waals surface area (Å²) in [5.41, 5.74) is 0. The van der Waals surface area contributed by atoms with Gasteiger partial charge in [-0.2, -0.15) is 0 Å². The molecule has 0 amide bonds. The molecule has 0 fully saturated rings. The molecule has 0 aromatic rings. The molecule has 0 aliphatic heterocycles. The molecule has 0 bridgehead atoms. The van der Waals surface area contributed by atoms with Crippen molar-refractivity contribution in [1.29, 1.82) is 0 Å². The number of carbonyl (C=O) groups is 2. The fourth-order valence-electron chi connectivity index (χ4n) is 5.10. The molecule has 2 atom stereocenters. The van der Waals surface area contributed by atoms with Crippen molar-refractivity contribution in [2.45, 2.75) is 168 Å². The molecule has 1 unspecified atom stereocenters. The molecule has 49 heavy (non-hydrogen) atoms. The SMILES string of the molecule is CCCCCCCC/C=C/C/C=C/CCCCC(=O)OC[C@@H](COP(=O)(O)OCC[N+](C)(C)C)OC(=O)CCCCCCCCCCCC. The van der Waals surface area contributed by atoms with E-state index in [0.717, 1.165) is 38.5 Å². The van der Waals surface area contributed by atoms with Gasteiger partial charge in [0.1, 0.15) is 19.8 Å². The van der Waals surface area contributed by atoms with Gasteiger partial charge in [0.15, 0.2) is 6.10 Å². The Hall–Kier alpha value is -1.51. The summed E-state index contributed by atoms with van der Waals surface area (Å²) in [6.45, 7) is 4.35. The van der Waals surface area contributed by atoms with Gasteiger partial charge < -0.3 is 18.9 Å². The number of unbranched alkanes of at least 4 members (excludes halogenated alkanes) is 17. The molecular weight excluding hydrogens is 641 g/mol. The molecule has 0 aliphatic rings. The van der Waals surface area contributed by atoms with Gasteiger partial charge in [-0.05, 0) is 44.9 Å². The monoisotopic (exact) mass is 717 g/mol. The molecule has 0 saturated carbocycles. The van der Waals surface area contributed by atoms with E-state index >= 15 is 0 Å². The Labute approximate surface area is 300 Å². The molecule has 0 rings (SSSR count). The zero-order chi connectivity index (χ0) is 36.5. The van der Waals surface area contributed by atoms with Crippen molar-refractivity contribution in [1.82, 2.24) is 0 Å². The average Bonchev–Trinajstić information content (AvgIpc) is 3.04. The fraction of sp³-hybridized carbons (Fsp3) is 0.846. The minimum atomic E-state index is -4.37. The van der Waals surface area contributed by atoms with Gasteiger partial charge in [0.25, 0.3) is 0 Å². The zero-order valence-electron chi connectivity index (χ0n) is 32.2. The molecule has 288 valence electrons. The van der Waals surface area contributed by atoms with Crippen molar-refractivity contribution in [2.24, 2.45) is 0 Å². The lowest BCUT2D eigenvalue weighted by atomic mass is 10.1.